The first-order valence-electron chi connectivity index (χ1n) is 5.64. The first-order valence-corrected chi connectivity index (χ1v) is 5.64. The fourth-order valence-electron chi connectivity index (χ4n) is 1.39. The fourth-order valence-corrected chi connectivity index (χ4v) is 1.39. The first-order chi connectivity index (χ1) is 9.00. The molecule has 1 atom stereocenters. The summed E-state index contributed by atoms with van der Waals surface area (Å²) in [6, 6.07) is 8.12. The Bertz CT molecular complexity index is 505. The summed E-state index contributed by atoms with van der Waals surface area (Å²) < 4.78 is 0. The molecule has 100 valence electrons. The predicted molar refractivity (Wildman–Crippen MR) is 71.4 cm³/mol. The third-order valence-electron chi connectivity index (χ3n) is 2.42. The largest absolute Gasteiger partial charge is 0.480 e. The highest BCUT2D eigenvalue weighted by atomic mass is 16.4. The zero-order chi connectivity index (χ0) is 14.3. The van der Waals surface area contributed by atoms with E-state index < -0.39 is 18.0 Å². The van der Waals surface area contributed by atoms with Crippen molar-refractivity contribution in [3.05, 3.63) is 53.6 Å². The first kappa shape index (κ1) is 14.7. The van der Waals surface area contributed by atoms with E-state index in [1.54, 1.807) is 12.2 Å². The molecule has 19 heavy (non-hydrogen) atoms. The summed E-state index contributed by atoms with van der Waals surface area (Å²) in [5.41, 5.74) is 6.19. The quantitative estimate of drug-likeness (QED) is 0.532. The van der Waals surface area contributed by atoms with Crippen molar-refractivity contribution < 1.29 is 19.8 Å². The van der Waals surface area contributed by atoms with Crippen LogP contribution in [0.3, 0.4) is 0 Å². The molecule has 0 aromatic heterocycles. The second-order valence-electron chi connectivity index (χ2n) is 3.92. The van der Waals surface area contributed by atoms with Gasteiger partial charge in [0.1, 0.15) is 6.04 Å². The molecular formula is C14H15NO4. The van der Waals surface area contributed by atoms with Crippen LogP contribution in [0.25, 0.3) is 6.08 Å². The molecule has 0 saturated heterocycles. The van der Waals surface area contributed by atoms with Crippen LogP contribution in [0.2, 0.25) is 0 Å². The molecule has 0 aliphatic heterocycles. The molecule has 1 aromatic rings. The number of carboxylic acid groups (broad SMARTS) is 2. The van der Waals surface area contributed by atoms with Gasteiger partial charge in [0, 0.05) is 12.0 Å². The number of carboxylic acids is 2. The summed E-state index contributed by atoms with van der Waals surface area (Å²) in [6.45, 7) is 0. The van der Waals surface area contributed by atoms with Gasteiger partial charge in [-0.05, 0) is 5.56 Å². The molecule has 0 amide bonds. The molecule has 0 radical (unpaired) electrons. The van der Waals surface area contributed by atoms with Gasteiger partial charge in [0.05, 0.1) is 0 Å². The second-order valence-corrected chi connectivity index (χ2v) is 3.92. The summed E-state index contributed by atoms with van der Waals surface area (Å²) >= 11 is 0. The Hall–Kier alpha value is -2.40. The van der Waals surface area contributed by atoms with Gasteiger partial charge in [0.15, 0.2) is 0 Å². The number of aliphatic carboxylic acids is 2. The highest BCUT2D eigenvalue weighted by molar-refractivity contribution is 5.88. The number of rotatable bonds is 6. The third-order valence-corrected chi connectivity index (χ3v) is 2.42. The van der Waals surface area contributed by atoms with Crippen molar-refractivity contribution in [2.75, 3.05) is 0 Å². The number of allylic oxidation sites excluding steroid dienone is 2. The minimum absolute atomic E-state index is 0.0397. The van der Waals surface area contributed by atoms with Gasteiger partial charge in [-0.3, -0.25) is 4.79 Å². The third kappa shape index (κ3) is 5.18. The number of nitrogens with two attached hydrogens (primary N) is 1. The van der Waals surface area contributed by atoms with E-state index >= 15 is 0 Å². The summed E-state index contributed by atoms with van der Waals surface area (Å²) in [5, 5.41) is 17.6. The zero-order valence-corrected chi connectivity index (χ0v) is 10.2. The van der Waals surface area contributed by atoms with Crippen LogP contribution in [0.15, 0.2) is 48.1 Å². The van der Waals surface area contributed by atoms with Crippen LogP contribution in [0.1, 0.15) is 12.0 Å². The van der Waals surface area contributed by atoms with Crippen LogP contribution in [0.4, 0.5) is 0 Å². The average molecular weight is 261 g/mol. The highest BCUT2D eigenvalue weighted by Gasteiger charge is 2.17. The van der Waals surface area contributed by atoms with Crippen LogP contribution >= 0.6 is 0 Å². The van der Waals surface area contributed by atoms with Crippen LogP contribution in [0.5, 0.6) is 0 Å². The van der Waals surface area contributed by atoms with Gasteiger partial charge in [-0.25, -0.2) is 4.79 Å². The van der Waals surface area contributed by atoms with E-state index in [4.69, 9.17) is 15.9 Å². The Labute approximate surface area is 110 Å². The molecule has 0 fully saturated rings. The number of carbonyl (C=O) groups is 2. The van der Waals surface area contributed by atoms with Gasteiger partial charge in [-0.1, -0.05) is 48.6 Å². The Morgan fingerprint density at radius 3 is 2.37 bits per heavy atom. The van der Waals surface area contributed by atoms with Gasteiger partial charge < -0.3 is 15.9 Å². The van der Waals surface area contributed by atoms with Gasteiger partial charge >= 0.3 is 11.9 Å². The van der Waals surface area contributed by atoms with E-state index in [0.29, 0.717) is 0 Å². The molecule has 0 spiro atoms. The predicted octanol–water partition coefficient (Wildman–Crippen LogP) is 1.51. The van der Waals surface area contributed by atoms with Gasteiger partial charge in [0.25, 0.3) is 0 Å². The Kier molecular flexibility index (Phi) is 5.50. The van der Waals surface area contributed by atoms with Crippen molar-refractivity contribution >= 4 is 18.0 Å². The highest BCUT2D eigenvalue weighted by Crippen LogP contribution is 2.07. The average Bonchev–Trinajstić information content (AvgIpc) is 2.38. The van der Waals surface area contributed by atoms with Gasteiger partial charge in [-0.2, -0.15) is 0 Å². The maximum atomic E-state index is 10.9. The number of hydrogen-bond donors (Lipinski definition) is 3. The number of benzene rings is 1. The lowest BCUT2D eigenvalue weighted by Gasteiger charge is -2.05. The molecule has 0 heterocycles. The van der Waals surface area contributed by atoms with E-state index in [9.17, 15) is 9.59 Å². The van der Waals surface area contributed by atoms with E-state index in [1.165, 1.54) is 6.08 Å². The minimum atomic E-state index is -1.22. The van der Waals surface area contributed by atoms with Gasteiger partial charge in [0.2, 0.25) is 0 Å². The summed E-state index contributed by atoms with van der Waals surface area (Å²) in [5.74, 6) is -2.39. The van der Waals surface area contributed by atoms with E-state index in [0.717, 1.165) is 5.56 Å². The molecule has 0 aliphatic rings. The maximum absolute atomic E-state index is 10.9. The maximum Gasteiger partial charge on any atom is 0.331 e. The summed E-state index contributed by atoms with van der Waals surface area (Å²) in [6.07, 6.45) is 4.44. The number of hydrogen-bond acceptors (Lipinski definition) is 3. The van der Waals surface area contributed by atoms with Crippen molar-refractivity contribution in [1.29, 1.82) is 0 Å². The summed E-state index contributed by atoms with van der Waals surface area (Å²) in [4.78, 5) is 21.5. The van der Waals surface area contributed by atoms with Gasteiger partial charge in [-0.15, -0.1) is 0 Å². The molecule has 0 bridgehead atoms. The topological polar surface area (TPSA) is 101 Å². The van der Waals surface area contributed by atoms with Crippen molar-refractivity contribution in [2.24, 2.45) is 5.73 Å². The molecule has 5 nitrogen and oxygen atoms in total. The van der Waals surface area contributed by atoms with E-state index in [1.807, 2.05) is 30.3 Å². The molecule has 4 N–H and O–H groups in total. The van der Waals surface area contributed by atoms with Crippen LogP contribution < -0.4 is 5.73 Å². The van der Waals surface area contributed by atoms with Crippen molar-refractivity contribution in [1.82, 2.24) is 0 Å². The minimum Gasteiger partial charge on any atom is -0.480 e. The lowest BCUT2D eigenvalue weighted by atomic mass is 10.1. The molecule has 1 aromatic carbocycles. The van der Waals surface area contributed by atoms with Crippen molar-refractivity contribution in [3.8, 4) is 0 Å². The second kappa shape index (κ2) is 7.13. The van der Waals surface area contributed by atoms with Crippen LogP contribution in [-0.2, 0) is 9.59 Å². The molecule has 1 rings (SSSR count). The fraction of sp³-hybridized carbons (Fsp3) is 0.143. The van der Waals surface area contributed by atoms with E-state index in [-0.39, 0.29) is 12.0 Å². The lowest BCUT2D eigenvalue weighted by molar-refractivity contribution is -0.138. The van der Waals surface area contributed by atoms with Crippen LogP contribution in [-0.4, -0.2) is 28.2 Å². The van der Waals surface area contributed by atoms with Crippen LogP contribution in [0, 0.1) is 0 Å². The Balaban J connectivity index is 2.77. The lowest BCUT2D eigenvalue weighted by Crippen LogP contribution is -2.31. The smallest absolute Gasteiger partial charge is 0.331 e. The monoisotopic (exact) mass is 261 g/mol. The molecular weight excluding hydrogens is 246 g/mol. The van der Waals surface area contributed by atoms with Crippen molar-refractivity contribution in [3.63, 3.8) is 0 Å². The molecule has 0 saturated carbocycles. The molecule has 1 unspecified atom stereocenters. The standard InChI is InChI=1S/C14H15NO4/c15-12(14(18)19)9-11(13(16)17)8-4-7-10-5-2-1-3-6-10/h1-8,12H,9,15H2,(H,16,17)(H,18,19)/b7-4?,11-8+. The Morgan fingerprint density at radius 1 is 1.21 bits per heavy atom. The molecule has 5 heteroatoms. The SMILES string of the molecule is NC(C/C(=C\C=Cc1ccccc1)C(=O)O)C(=O)O. The summed E-state index contributed by atoms with van der Waals surface area (Å²) in [7, 11) is 0. The molecule has 0 aliphatic carbocycles. The zero-order valence-electron chi connectivity index (χ0n) is 10.2. The Morgan fingerprint density at radius 2 is 1.84 bits per heavy atom. The van der Waals surface area contributed by atoms with E-state index in [2.05, 4.69) is 0 Å². The van der Waals surface area contributed by atoms with Crippen molar-refractivity contribution in [2.45, 2.75) is 12.5 Å². The normalized spacial score (nSPS) is 13.4.